The van der Waals surface area contributed by atoms with E-state index in [0.29, 0.717) is 18.9 Å². The van der Waals surface area contributed by atoms with Crippen LogP contribution in [0.1, 0.15) is 26.7 Å². The van der Waals surface area contributed by atoms with Gasteiger partial charge in [0.1, 0.15) is 0 Å². The van der Waals surface area contributed by atoms with Crippen molar-refractivity contribution in [2.75, 3.05) is 11.9 Å². The number of nitrogens with one attached hydrogen (secondary N) is 1. The molecule has 100 valence electrons. The minimum absolute atomic E-state index is 0.134. The summed E-state index contributed by atoms with van der Waals surface area (Å²) in [5.41, 5.74) is 5.79. The largest absolute Gasteiger partial charge is 0.330 e. The number of hydrogen-bond acceptors (Lipinski definition) is 3. The van der Waals surface area contributed by atoms with Crippen LogP contribution in [0.4, 0.5) is 10.1 Å². The second kappa shape index (κ2) is 7.06. The van der Waals surface area contributed by atoms with E-state index in [2.05, 4.69) is 24.1 Å². The van der Waals surface area contributed by atoms with Crippen LogP contribution in [-0.4, -0.2) is 17.4 Å². The molecule has 0 spiro atoms. The van der Waals surface area contributed by atoms with E-state index in [1.807, 2.05) is 0 Å². The molecule has 0 bridgehead atoms. The zero-order chi connectivity index (χ0) is 13.5. The summed E-state index contributed by atoms with van der Waals surface area (Å²) in [6.07, 6.45) is 3.72. The van der Waals surface area contributed by atoms with Gasteiger partial charge in [0.15, 0.2) is 5.82 Å². The van der Waals surface area contributed by atoms with E-state index in [1.54, 1.807) is 0 Å². The molecule has 3 N–H and O–H groups in total. The summed E-state index contributed by atoms with van der Waals surface area (Å²) in [5, 5.41) is 2.54. The van der Waals surface area contributed by atoms with Crippen LogP contribution in [0.25, 0.3) is 0 Å². The van der Waals surface area contributed by atoms with Crippen molar-refractivity contribution in [1.82, 2.24) is 4.98 Å². The minimum atomic E-state index is -0.529. The van der Waals surface area contributed by atoms with Gasteiger partial charge in [-0.2, -0.15) is 0 Å². The Morgan fingerprint density at radius 1 is 1.56 bits per heavy atom. The van der Waals surface area contributed by atoms with Crippen LogP contribution in [0.5, 0.6) is 0 Å². The van der Waals surface area contributed by atoms with Crippen LogP contribution in [0.3, 0.4) is 0 Å². The van der Waals surface area contributed by atoms with Crippen molar-refractivity contribution in [3.63, 3.8) is 0 Å². The topological polar surface area (TPSA) is 68.0 Å². The Hall–Kier alpha value is -1.49. The Labute approximate surface area is 107 Å². The third-order valence-corrected chi connectivity index (χ3v) is 2.66. The van der Waals surface area contributed by atoms with Crippen molar-refractivity contribution in [3.8, 4) is 0 Å². The Morgan fingerprint density at radius 2 is 2.28 bits per heavy atom. The maximum atomic E-state index is 13.3. The molecule has 18 heavy (non-hydrogen) atoms. The molecule has 1 rings (SSSR count). The van der Waals surface area contributed by atoms with Gasteiger partial charge in [-0.05, 0) is 30.9 Å². The van der Waals surface area contributed by atoms with Gasteiger partial charge in [-0.25, -0.2) is 4.39 Å². The number of aromatic nitrogens is 1. The van der Waals surface area contributed by atoms with Crippen molar-refractivity contribution >= 4 is 11.6 Å². The van der Waals surface area contributed by atoms with Gasteiger partial charge in [-0.15, -0.1) is 0 Å². The summed E-state index contributed by atoms with van der Waals surface area (Å²) in [6, 6.07) is 1.44. The molecule has 1 atom stereocenters. The van der Waals surface area contributed by atoms with Gasteiger partial charge in [-0.3, -0.25) is 9.78 Å². The van der Waals surface area contributed by atoms with Crippen LogP contribution >= 0.6 is 0 Å². The quantitative estimate of drug-likeness (QED) is 0.816. The molecule has 0 saturated heterocycles. The second-order valence-electron chi connectivity index (χ2n) is 4.84. The number of carbonyl (C=O) groups excluding carboxylic acids is 1. The predicted molar refractivity (Wildman–Crippen MR) is 69.4 cm³/mol. The third-order valence-electron chi connectivity index (χ3n) is 2.66. The van der Waals surface area contributed by atoms with Crippen molar-refractivity contribution < 1.29 is 9.18 Å². The zero-order valence-electron chi connectivity index (χ0n) is 10.8. The number of rotatable bonds is 6. The van der Waals surface area contributed by atoms with Gasteiger partial charge in [0, 0.05) is 12.6 Å². The summed E-state index contributed by atoms with van der Waals surface area (Å²) >= 11 is 0. The Morgan fingerprint density at radius 3 is 2.83 bits per heavy atom. The van der Waals surface area contributed by atoms with Crippen LogP contribution < -0.4 is 11.1 Å². The smallest absolute Gasteiger partial charge is 0.224 e. The second-order valence-corrected chi connectivity index (χ2v) is 4.84. The molecule has 5 heteroatoms. The Bertz CT molecular complexity index is 396. The lowest BCUT2D eigenvalue weighted by Gasteiger charge is -2.16. The van der Waals surface area contributed by atoms with Crippen LogP contribution in [-0.2, 0) is 4.79 Å². The van der Waals surface area contributed by atoms with E-state index < -0.39 is 5.82 Å². The lowest BCUT2D eigenvalue weighted by atomic mass is 9.94. The van der Waals surface area contributed by atoms with E-state index in [-0.39, 0.29) is 17.5 Å². The number of hydrogen-bond donors (Lipinski definition) is 2. The van der Waals surface area contributed by atoms with Gasteiger partial charge >= 0.3 is 0 Å². The molecule has 0 aliphatic heterocycles. The highest BCUT2D eigenvalue weighted by Crippen LogP contribution is 2.16. The van der Waals surface area contributed by atoms with Gasteiger partial charge in [0.2, 0.25) is 5.91 Å². The van der Waals surface area contributed by atoms with Crippen molar-refractivity contribution in [3.05, 3.63) is 24.3 Å². The normalized spacial score (nSPS) is 12.5. The maximum absolute atomic E-state index is 13.3. The first-order chi connectivity index (χ1) is 8.52. The number of amides is 1. The fraction of sp³-hybridized carbons (Fsp3) is 0.538. The highest BCUT2D eigenvalue weighted by atomic mass is 19.1. The van der Waals surface area contributed by atoms with Gasteiger partial charge < -0.3 is 11.1 Å². The lowest BCUT2D eigenvalue weighted by molar-refractivity contribution is -0.117. The third kappa shape index (κ3) is 4.79. The van der Waals surface area contributed by atoms with Gasteiger partial charge in [0.25, 0.3) is 0 Å². The van der Waals surface area contributed by atoms with Crippen molar-refractivity contribution in [2.45, 2.75) is 26.7 Å². The van der Waals surface area contributed by atoms with E-state index in [4.69, 9.17) is 5.73 Å². The number of anilines is 1. The molecule has 4 nitrogen and oxygen atoms in total. The fourth-order valence-corrected chi connectivity index (χ4v) is 1.87. The molecule has 1 amide bonds. The van der Waals surface area contributed by atoms with Crippen LogP contribution in [0.2, 0.25) is 0 Å². The molecule has 0 aliphatic carbocycles. The number of halogens is 1. The monoisotopic (exact) mass is 253 g/mol. The van der Waals surface area contributed by atoms with E-state index in [9.17, 15) is 9.18 Å². The first kappa shape index (κ1) is 14.6. The summed E-state index contributed by atoms with van der Waals surface area (Å²) in [7, 11) is 0. The molecule has 0 radical (unpaired) electrons. The van der Waals surface area contributed by atoms with E-state index >= 15 is 0 Å². The minimum Gasteiger partial charge on any atom is -0.330 e. The first-order valence-corrected chi connectivity index (χ1v) is 6.12. The average Bonchev–Trinajstić information content (AvgIpc) is 2.30. The molecule has 0 fully saturated rings. The SMILES string of the molecule is CC(C)CC(CN)CC(=O)Nc1ccncc1F. The highest BCUT2D eigenvalue weighted by molar-refractivity contribution is 5.90. The predicted octanol–water partition coefficient (Wildman–Crippen LogP) is 2.17. The molecule has 0 aliphatic rings. The van der Waals surface area contributed by atoms with E-state index in [1.165, 1.54) is 12.3 Å². The first-order valence-electron chi connectivity index (χ1n) is 6.12. The van der Waals surface area contributed by atoms with Crippen molar-refractivity contribution in [1.29, 1.82) is 0 Å². The fourth-order valence-electron chi connectivity index (χ4n) is 1.87. The molecule has 1 unspecified atom stereocenters. The molecular weight excluding hydrogens is 233 g/mol. The Balaban J connectivity index is 2.53. The molecular formula is C13H20FN3O. The lowest BCUT2D eigenvalue weighted by Crippen LogP contribution is -2.23. The zero-order valence-corrected chi connectivity index (χ0v) is 10.8. The molecule has 1 aromatic heterocycles. The molecule has 1 aromatic rings. The molecule has 1 heterocycles. The van der Waals surface area contributed by atoms with Gasteiger partial charge in [0.05, 0.1) is 11.9 Å². The molecule has 0 aromatic carbocycles. The molecule has 0 saturated carbocycles. The van der Waals surface area contributed by atoms with E-state index in [0.717, 1.165) is 12.6 Å². The summed E-state index contributed by atoms with van der Waals surface area (Å²) < 4.78 is 13.3. The summed E-state index contributed by atoms with van der Waals surface area (Å²) in [4.78, 5) is 15.4. The van der Waals surface area contributed by atoms with Crippen LogP contribution in [0.15, 0.2) is 18.5 Å². The van der Waals surface area contributed by atoms with Crippen LogP contribution in [0, 0.1) is 17.7 Å². The average molecular weight is 253 g/mol. The number of nitrogens with zero attached hydrogens (tertiary/aromatic N) is 1. The van der Waals surface area contributed by atoms with Gasteiger partial charge in [-0.1, -0.05) is 13.8 Å². The highest BCUT2D eigenvalue weighted by Gasteiger charge is 2.15. The Kier molecular flexibility index (Phi) is 5.71. The summed E-state index contributed by atoms with van der Waals surface area (Å²) in [5.74, 6) is -0.117. The summed E-state index contributed by atoms with van der Waals surface area (Å²) in [6.45, 7) is 4.64. The maximum Gasteiger partial charge on any atom is 0.224 e. The number of carbonyl (C=O) groups is 1. The number of pyridine rings is 1. The standard InChI is InChI=1S/C13H20FN3O/c1-9(2)5-10(7-15)6-13(18)17-12-3-4-16-8-11(12)14/h3-4,8-10H,5-7,15H2,1-2H3,(H,16,17,18). The van der Waals surface area contributed by atoms with Crippen molar-refractivity contribution in [2.24, 2.45) is 17.6 Å². The number of nitrogens with two attached hydrogens (primary N) is 1.